The van der Waals surface area contributed by atoms with E-state index in [1.165, 1.54) is 24.7 Å². The van der Waals surface area contributed by atoms with Crippen LogP contribution in [0.5, 0.6) is 11.5 Å². The largest absolute Gasteiger partial charge is 0.508 e. The van der Waals surface area contributed by atoms with Crippen LogP contribution in [0.2, 0.25) is 0 Å². The predicted molar refractivity (Wildman–Crippen MR) is 67.8 cm³/mol. The second kappa shape index (κ2) is 5.72. The first-order valence-electron chi connectivity index (χ1n) is 5.49. The van der Waals surface area contributed by atoms with E-state index in [0.717, 1.165) is 0 Å². The summed E-state index contributed by atoms with van der Waals surface area (Å²) in [6.07, 6.45) is 2.83. The quantitative estimate of drug-likeness (QED) is 0.630. The third-order valence-electron chi connectivity index (χ3n) is 2.27. The maximum Gasteiger partial charge on any atom is 0.223 e. The van der Waals surface area contributed by atoms with Crippen molar-refractivity contribution in [1.29, 1.82) is 0 Å². The molecule has 0 atom stereocenters. The fourth-order valence-electron chi connectivity index (χ4n) is 1.43. The zero-order chi connectivity index (χ0) is 13.7. The van der Waals surface area contributed by atoms with E-state index in [0.29, 0.717) is 17.0 Å². The summed E-state index contributed by atoms with van der Waals surface area (Å²) < 4.78 is 4.92. The van der Waals surface area contributed by atoms with Crippen molar-refractivity contribution in [1.82, 2.24) is 0 Å². The number of amides is 1. The number of carbonyl (C=O) groups excluding carboxylic acids is 1. The minimum atomic E-state index is -0.528. The summed E-state index contributed by atoms with van der Waals surface area (Å²) in [6, 6.07) is 7.80. The Bertz CT molecular complexity index is 590. The number of primary amides is 1. The van der Waals surface area contributed by atoms with Gasteiger partial charge in [-0.2, -0.15) is 0 Å². The molecule has 0 saturated heterocycles. The highest BCUT2D eigenvalue weighted by Gasteiger charge is 2.10. The van der Waals surface area contributed by atoms with Crippen LogP contribution in [0.25, 0.3) is 0 Å². The number of phenolic OH excluding ortho intramolecular Hbond substituents is 1. The first-order valence-corrected chi connectivity index (χ1v) is 5.49. The van der Waals surface area contributed by atoms with Gasteiger partial charge in [0.2, 0.25) is 5.91 Å². The van der Waals surface area contributed by atoms with E-state index in [-0.39, 0.29) is 12.2 Å². The first-order chi connectivity index (χ1) is 9.15. The second-order valence-corrected chi connectivity index (χ2v) is 3.78. The monoisotopic (exact) mass is 260 g/mol. The molecule has 0 spiro atoms. The summed E-state index contributed by atoms with van der Waals surface area (Å²) >= 11 is 0. The van der Waals surface area contributed by atoms with Gasteiger partial charge in [-0.05, 0) is 18.2 Å². The number of aromatic hydroxyl groups is 1. The number of rotatable bonds is 5. The minimum absolute atomic E-state index is 0.0625. The lowest BCUT2D eigenvalue weighted by atomic mass is 10.1. The van der Waals surface area contributed by atoms with Crippen molar-refractivity contribution >= 4 is 11.6 Å². The van der Waals surface area contributed by atoms with Crippen LogP contribution in [0.1, 0.15) is 12.0 Å². The van der Waals surface area contributed by atoms with Crippen molar-refractivity contribution in [3.8, 4) is 11.5 Å². The third kappa shape index (κ3) is 3.60. The van der Waals surface area contributed by atoms with E-state index in [2.05, 4.69) is 5.16 Å². The van der Waals surface area contributed by atoms with Crippen molar-refractivity contribution in [3.05, 3.63) is 48.4 Å². The summed E-state index contributed by atoms with van der Waals surface area (Å²) in [5, 5.41) is 13.2. The van der Waals surface area contributed by atoms with Crippen molar-refractivity contribution in [3.63, 3.8) is 0 Å². The van der Waals surface area contributed by atoms with E-state index < -0.39 is 5.91 Å². The van der Waals surface area contributed by atoms with E-state index in [1.807, 2.05) is 0 Å². The van der Waals surface area contributed by atoms with Gasteiger partial charge in [0.05, 0.1) is 18.9 Å². The summed E-state index contributed by atoms with van der Waals surface area (Å²) in [7, 11) is 0. The lowest BCUT2D eigenvalue weighted by molar-refractivity contribution is -0.116. The number of hydrogen-bond donors (Lipinski definition) is 2. The SMILES string of the molecule is NC(=O)C/C(=N\Oc1cccc(O)c1)c1ccoc1. The van der Waals surface area contributed by atoms with Crippen molar-refractivity contribution < 1.29 is 19.2 Å². The van der Waals surface area contributed by atoms with Crippen LogP contribution >= 0.6 is 0 Å². The van der Waals surface area contributed by atoms with Crippen LogP contribution < -0.4 is 10.6 Å². The Labute approximate surface area is 109 Å². The average molecular weight is 260 g/mol. The Morgan fingerprint density at radius 2 is 2.26 bits per heavy atom. The molecule has 0 aliphatic heterocycles. The van der Waals surface area contributed by atoms with Crippen molar-refractivity contribution in [2.75, 3.05) is 0 Å². The number of nitrogens with zero attached hydrogens (tertiary/aromatic N) is 1. The molecular formula is C13H12N2O4. The molecule has 1 heterocycles. The molecule has 1 aromatic carbocycles. The number of hydrogen-bond acceptors (Lipinski definition) is 5. The zero-order valence-corrected chi connectivity index (χ0v) is 9.95. The molecule has 98 valence electrons. The van der Waals surface area contributed by atoms with Crippen LogP contribution in [-0.2, 0) is 4.79 Å². The van der Waals surface area contributed by atoms with Gasteiger partial charge in [-0.15, -0.1) is 0 Å². The van der Waals surface area contributed by atoms with Gasteiger partial charge in [0.25, 0.3) is 0 Å². The normalized spacial score (nSPS) is 11.3. The van der Waals surface area contributed by atoms with Crippen molar-refractivity contribution in [2.45, 2.75) is 6.42 Å². The minimum Gasteiger partial charge on any atom is -0.508 e. The molecule has 0 fully saturated rings. The van der Waals surface area contributed by atoms with Crippen LogP contribution in [-0.4, -0.2) is 16.7 Å². The molecule has 2 rings (SSSR count). The molecule has 0 unspecified atom stereocenters. The van der Waals surface area contributed by atoms with Gasteiger partial charge in [-0.3, -0.25) is 4.79 Å². The standard InChI is InChI=1S/C13H12N2O4/c14-13(17)7-12(9-4-5-18-8-9)15-19-11-3-1-2-10(16)6-11/h1-6,8,16H,7H2,(H2,14,17)/b15-12+. The molecule has 0 saturated carbocycles. The second-order valence-electron chi connectivity index (χ2n) is 3.78. The lowest BCUT2D eigenvalue weighted by Gasteiger charge is -2.03. The molecule has 0 aliphatic rings. The molecule has 0 aliphatic carbocycles. The fourth-order valence-corrected chi connectivity index (χ4v) is 1.43. The van der Waals surface area contributed by atoms with Crippen LogP contribution in [0.4, 0.5) is 0 Å². The van der Waals surface area contributed by atoms with Gasteiger partial charge < -0.3 is 20.1 Å². The maximum absolute atomic E-state index is 11.0. The Kier molecular flexibility index (Phi) is 3.82. The number of carbonyl (C=O) groups is 1. The Morgan fingerprint density at radius 3 is 2.89 bits per heavy atom. The van der Waals surface area contributed by atoms with E-state index in [9.17, 15) is 9.90 Å². The number of oxime groups is 1. The Morgan fingerprint density at radius 1 is 1.42 bits per heavy atom. The highest BCUT2D eigenvalue weighted by Crippen LogP contribution is 2.18. The topological polar surface area (TPSA) is 98.1 Å². The highest BCUT2D eigenvalue weighted by atomic mass is 16.6. The van der Waals surface area contributed by atoms with Crippen molar-refractivity contribution in [2.24, 2.45) is 10.9 Å². The summed E-state index contributed by atoms with van der Waals surface area (Å²) in [5.41, 5.74) is 6.11. The van der Waals surface area contributed by atoms with Crippen LogP contribution in [0.15, 0.2) is 52.4 Å². The predicted octanol–water partition coefficient (Wildman–Crippen LogP) is 1.64. The molecule has 1 amide bonds. The van der Waals surface area contributed by atoms with E-state index >= 15 is 0 Å². The third-order valence-corrected chi connectivity index (χ3v) is 2.27. The fraction of sp³-hybridized carbons (Fsp3) is 0.0769. The number of nitrogens with two attached hydrogens (primary N) is 1. The van der Waals surface area contributed by atoms with Crippen LogP contribution in [0.3, 0.4) is 0 Å². The Balaban J connectivity index is 2.19. The summed E-state index contributed by atoms with van der Waals surface area (Å²) in [5.74, 6) is -0.114. The van der Waals surface area contributed by atoms with Gasteiger partial charge in [-0.1, -0.05) is 11.2 Å². The van der Waals surface area contributed by atoms with Gasteiger partial charge in [0.15, 0.2) is 5.75 Å². The number of phenols is 1. The molecular weight excluding hydrogens is 248 g/mol. The Hall–Kier alpha value is -2.76. The molecule has 19 heavy (non-hydrogen) atoms. The molecule has 2 aromatic rings. The molecule has 6 heteroatoms. The molecule has 6 nitrogen and oxygen atoms in total. The maximum atomic E-state index is 11.0. The lowest BCUT2D eigenvalue weighted by Crippen LogP contribution is -2.17. The smallest absolute Gasteiger partial charge is 0.223 e. The first kappa shape index (κ1) is 12.7. The molecule has 3 N–H and O–H groups in total. The zero-order valence-electron chi connectivity index (χ0n) is 9.95. The molecule has 1 aromatic heterocycles. The van der Waals surface area contributed by atoms with Gasteiger partial charge in [0.1, 0.15) is 11.5 Å². The van der Waals surface area contributed by atoms with Gasteiger partial charge in [0, 0.05) is 11.6 Å². The number of furan rings is 1. The highest BCUT2D eigenvalue weighted by molar-refractivity contribution is 6.09. The van der Waals surface area contributed by atoms with Gasteiger partial charge in [-0.25, -0.2) is 0 Å². The summed E-state index contributed by atoms with van der Waals surface area (Å²) in [4.78, 5) is 16.1. The molecule has 0 radical (unpaired) electrons. The summed E-state index contributed by atoms with van der Waals surface area (Å²) in [6.45, 7) is 0. The molecule has 0 bridgehead atoms. The number of benzene rings is 1. The van der Waals surface area contributed by atoms with E-state index in [4.69, 9.17) is 15.0 Å². The van der Waals surface area contributed by atoms with Crippen LogP contribution in [0, 0.1) is 0 Å². The van der Waals surface area contributed by atoms with E-state index in [1.54, 1.807) is 18.2 Å². The average Bonchev–Trinajstić information content (AvgIpc) is 2.88. The van der Waals surface area contributed by atoms with Gasteiger partial charge >= 0.3 is 0 Å².